The fourth-order valence-corrected chi connectivity index (χ4v) is 1.66. The average molecular weight is 311 g/mol. The molecule has 1 unspecified atom stereocenters. The predicted molar refractivity (Wildman–Crippen MR) is 66.8 cm³/mol. The molecule has 0 saturated carbocycles. The van der Waals surface area contributed by atoms with E-state index in [9.17, 15) is 4.79 Å². The normalized spacial score (nSPS) is 12.3. The van der Waals surface area contributed by atoms with E-state index in [0.29, 0.717) is 21.6 Å². The number of rotatable bonds is 3. The van der Waals surface area contributed by atoms with E-state index >= 15 is 0 Å². The molecule has 0 aromatic heterocycles. The molecule has 0 bridgehead atoms. The maximum atomic E-state index is 11.6. The van der Waals surface area contributed by atoms with Crippen LogP contribution in [0.3, 0.4) is 0 Å². The molecule has 0 aliphatic heterocycles. The summed E-state index contributed by atoms with van der Waals surface area (Å²) in [6.45, 7) is 2.23. The van der Waals surface area contributed by atoms with Gasteiger partial charge in [-0.15, -0.1) is 11.6 Å². The van der Waals surface area contributed by atoms with Gasteiger partial charge in [0.15, 0.2) is 0 Å². The van der Waals surface area contributed by atoms with Crippen molar-refractivity contribution in [2.24, 2.45) is 0 Å². The number of hydrogen-bond donors (Lipinski definition) is 1. The first-order chi connectivity index (χ1) is 7.02. The molecule has 0 aliphatic carbocycles. The Labute approximate surface area is 107 Å². The largest absolute Gasteiger partial charge is 0.351 e. The Balaban J connectivity index is 2.78. The molecule has 1 atom stereocenters. The maximum Gasteiger partial charge on any atom is 0.252 e. The molecular formula is C10H10BrCl2NO. The second kappa shape index (κ2) is 5.73. The summed E-state index contributed by atoms with van der Waals surface area (Å²) in [5.74, 6) is -0.214. The van der Waals surface area contributed by atoms with Gasteiger partial charge < -0.3 is 5.32 Å². The van der Waals surface area contributed by atoms with Crippen LogP contribution in [-0.4, -0.2) is 17.8 Å². The summed E-state index contributed by atoms with van der Waals surface area (Å²) >= 11 is 14.9. The molecule has 5 heteroatoms. The van der Waals surface area contributed by atoms with Crippen molar-refractivity contribution in [2.45, 2.75) is 12.3 Å². The molecule has 1 amide bonds. The number of alkyl halides is 1. The van der Waals surface area contributed by atoms with E-state index in [1.807, 2.05) is 6.92 Å². The molecule has 0 fully saturated rings. The molecule has 0 saturated heterocycles. The molecule has 1 rings (SSSR count). The van der Waals surface area contributed by atoms with Crippen molar-refractivity contribution in [3.05, 3.63) is 33.3 Å². The third kappa shape index (κ3) is 3.67. The first kappa shape index (κ1) is 12.8. The zero-order chi connectivity index (χ0) is 11.4. The van der Waals surface area contributed by atoms with Crippen LogP contribution in [0.2, 0.25) is 5.02 Å². The highest BCUT2D eigenvalue weighted by Gasteiger charge is 2.12. The SMILES string of the molecule is CC(Cl)CNC(=O)c1cccc(Br)c1Cl. The Bertz CT molecular complexity index is 368. The minimum absolute atomic E-state index is 0.0973. The number of amides is 1. The molecule has 0 aliphatic rings. The summed E-state index contributed by atoms with van der Waals surface area (Å²) in [5.41, 5.74) is 0.448. The number of nitrogens with one attached hydrogen (secondary N) is 1. The van der Waals surface area contributed by atoms with Gasteiger partial charge in [-0.1, -0.05) is 17.7 Å². The fraction of sp³-hybridized carbons (Fsp3) is 0.300. The van der Waals surface area contributed by atoms with Gasteiger partial charge in [0.2, 0.25) is 0 Å². The van der Waals surface area contributed by atoms with Crippen LogP contribution < -0.4 is 5.32 Å². The van der Waals surface area contributed by atoms with Gasteiger partial charge in [0, 0.05) is 16.4 Å². The molecule has 15 heavy (non-hydrogen) atoms. The van der Waals surface area contributed by atoms with Gasteiger partial charge in [-0.05, 0) is 35.0 Å². The molecule has 1 aromatic rings. The standard InChI is InChI=1S/C10H10BrCl2NO/c1-6(12)5-14-10(15)7-3-2-4-8(11)9(7)13/h2-4,6H,5H2,1H3,(H,14,15). The summed E-state index contributed by atoms with van der Waals surface area (Å²) in [6, 6.07) is 5.21. The van der Waals surface area contributed by atoms with Crippen molar-refractivity contribution < 1.29 is 4.79 Å². The number of carbonyl (C=O) groups excluding carboxylic acids is 1. The Morgan fingerprint density at radius 3 is 2.87 bits per heavy atom. The third-order valence-corrected chi connectivity index (χ3v) is 3.19. The van der Waals surface area contributed by atoms with Crippen LogP contribution in [-0.2, 0) is 0 Å². The highest BCUT2D eigenvalue weighted by molar-refractivity contribution is 9.10. The lowest BCUT2D eigenvalue weighted by Crippen LogP contribution is -2.28. The zero-order valence-electron chi connectivity index (χ0n) is 8.06. The summed E-state index contributed by atoms with van der Waals surface area (Å²) in [6.07, 6.45) is 0. The van der Waals surface area contributed by atoms with Crippen LogP contribution in [0.15, 0.2) is 22.7 Å². The Kier molecular flexibility index (Phi) is 4.90. The van der Waals surface area contributed by atoms with Crippen LogP contribution in [0.1, 0.15) is 17.3 Å². The second-order valence-corrected chi connectivity index (χ2v) is 5.07. The fourth-order valence-electron chi connectivity index (χ4n) is 1.01. The molecule has 82 valence electrons. The van der Waals surface area contributed by atoms with Gasteiger partial charge in [-0.3, -0.25) is 4.79 Å². The Morgan fingerprint density at radius 2 is 2.27 bits per heavy atom. The van der Waals surface area contributed by atoms with Crippen LogP contribution in [0.25, 0.3) is 0 Å². The van der Waals surface area contributed by atoms with E-state index in [1.54, 1.807) is 18.2 Å². The van der Waals surface area contributed by atoms with Crippen molar-refractivity contribution in [3.63, 3.8) is 0 Å². The van der Waals surface area contributed by atoms with Crippen LogP contribution >= 0.6 is 39.1 Å². The van der Waals surface area contributed by atoms with Gasteiger partial charge in [0.1, 0.15) is 0 Å². The average Bonchev–Trinajstić information content (AvgIpc) is 2.18. The first-order valence-corrected chi connectivity index (χ1v) is 5.99. The number of halogens is 3. The lowest BCUT2D eigenvalue weighted by molar-refractivity contribution is 0.0954. The molecule has 0 spiro atoms. The van der Waals surface area contributed by atoms with Gasteiger partial charge in [0.05, 0.1) is 10.6 Å². The van der Waals surface area contributed by atoms with Gasteiger partial charge in [-0.25, -0.2) is 0 Å². The number of benzene rings is 1. The van der Waals surface area contributed by atoms with E-state index in [-0.39, 0.29) is 11.3 Å². The van der Waals surface area contributed by atoms with Crippen molar-refractivity contribution in [2.75, 3.05) is 6.54 Å². The quantitative estimate of drug-likeness (QED) is 0.851. The van der Waals surface area contributed by atoms with Gasteiger partial charge in [0.25, 0.3) is 5.91 Å². The lowest BCUT2D eigenvalue weighted by atomic mass is 10.2. The number of carbonyl (C=O) groups is 1. The summed E-state index contributed by atoms with van der Waals surface area (Å²) in [5, 5.41) is 3.01. The molecule has 2 nitrogen and oxygen atoms in total. The predicted octanol–water partition coefficient (Wildman–Crippen LogP) is 3.46. The van der Waals surface area contributed by atoms with Crippen molar-refractivity contribution in [1.82, 2.24) is 5.32 Å². The number of hydrogen-bond acceptors (Lipinski definition) is 1. The Morgan fingerprint density at radius 1 is 1.60 bits per heavy atom. The minimum Gasteiger partial charge on any atom is -0.351 e. The van der Waals surface area contributed by atoms with E-state index < -0.39 is 0 Å². The monoisotopic (exact) mass is 309 g/mol. The minimum atomic E-state index is -0.214. The summed E-state index contributed by atoms with van der Waals surface area (Å²) < 4.78 is 0.704. The molecule has 1 N–H and O–H groups in total. The van der Waals surface area contributed by atoms with Crippen molar-refractivity contribution in [3.8, 4) is 0 Å². The first-order valence-electron chi connectivity index (χ1n) is 4.38. The summed E-state index contributed by atoms with van der Waals surface area (Å²) in [4.78, 5) is 11.6. The molecule has 0 heterocycles. The van der Waals surface area contributed by atoms with Gasteiger partial charge in [-0.2, -0.15) is 0 Å². The van der Waals surface area contributed by atoms with Crippen LogP contribution in [0.5, 0.6) is 0 Å². The van der Waals surface area contributed by atoms with Crippen molar-refractivity contribution in [1.29, 1.82) is 0 Å². The zero-order valence-corrected chi connectivity index (χ0v) is 11.2. The maximum absolute atomic E-state index is 11.6. The van der Waals surface area contributed by atoms with Gasteiger partial charge >= 0.3 is 0 Å². The summed E-state index contributed by atoms with van der Waals surface area (Å²) in [7, 11) is 0. The van der Waals surface area contributed by atoms with E-state index in [2.05, 4.69) is 21.2 Å². The highest BCUT2D eigenvalue weighted by Crippen LogP contribution is 2.25. The molecule has 0 radical (unpaired) electrons. The lowest BCUT2D eigenvalue weighted by Gasteiger charge is -2.08. The topological polar surface area (TPSA) is 29.1 Å². The van der Waals surface area contributed by atoms with E-state index in [0.717, 1.165) is 0 Å². The van der Waals surface area contributed by atoms with Crippen LogP contribution in [0.4, 0.5) is 0 Å². The van der Waals surface area contributed by atoms with Crippen LogP contribution in [0, 0.1) is 0 Å². The highest BCUT2D eigenvalue weighted by atomic mass is 79.9. The van der Waals surface area contributed by atoms with E-state index in [1.165, 1.54) is 0 Å². The second-order valence-electron chi connectivity index (χ2n) is 3.09. The van der Waals surface area contributed by atoms with Crippen molar-refractivity contribution >= 4 is 45.0 Å². The Hall–Kier alpha value is -0.250. The smallest absolute Gasteiger partial charge is 0.252 e. The van der Waals surface area contributed by atoms with E-state index in [4.69, 9.17) is 23.2 Å². The molecule has 1 aromatic carbocycles. The third-order valence-electron chi connectivity index (χ3n) is 1.74. The molecular weight excluding hydrogens is 301 g/mol.